The summed E-state index contributed by atoms with van der Waals surface area (Å²) in [5.74, 6) is 0.115. The second-order valence-electron chi connectivity index (χ2n) is 5.20. The van der Waals surface area contributed by atoms with Gasteiger partial charge in [-0.1, -0.05) is 13.8 Å². The minimum atomic E-state index is -3.73. The second kappa shape index (κ2) is 6.91. The van der Waals surface area contributed by atoms with Crippen LogP contribution in [0.3, 0.4) is 0 Å². The fourth-order valence-electron chi connectivity index (χ4n) is 1.61. The molecule has 1 aromatic rings. The van der Waals surface area contributed by atoms with Gasteiger partial charge in [-0.25, -0.2) is 13.1 Å². The van der Waals surface area contributed by atoms with E-state index in [1.165, 1.54) is 26.2 Å². The van der Waals surface area contributed by atoms with Gasteiger partial charge in [-0.15, -0.1) is 0 Å². The zero-order valence-electron chi connectivity index (χ0n) is 12.9. The van der Waals surface area contributed by atoms with Crippen molar-refractivity contribution < 1.29 is 17.9 Å². The number of hydrogen-bond donors (Lipinski definition) is 2. The van der Waals surface area contributed by atoms with Gasteiger partial charge in [0.2, 0.25) is 15.9 Å². The lowest BCUT2D eigenvalue weighted by molar-refractivity contribution is -0.114. The highest BCUT2D eigenvalue weighted by molar-refractivity contribution is 7.89. The van der Waals surface area contributed by atoms with Crippen molar-refractivity contribution in [2.45, 2.75) is 38.6 Å². The van der Waals surface area contributed by atoms with Crippen LogP contribution < -0.4 is 14.8 Å². The van der Waals surface area contributed by atoms with Crippen LogP contribution in [0, 0.1) is 5.92 Å². The van der Waals surface area contributed by atoms with Crippen LogP contribution in [0.2, 0.25) is 0 Å². The van der Waals surface area contributed by atoms with E-state index in [1.807, 2.05) is 13.8 Å². The number of methoxy groups -OCH3 is 1. The number of ether oxygens (including phenoxy) is 1. The Morgan fingerprint density at radius 3 is 2.33 bits per heavy atom. The van der Waals surface area contributed by atoms with E-state index in [-0.39, 0.29) is 28.5 Å². The zero-order chi connectivity index (χ0) is 16.2. The van der Waals surface area contributed by atoms with Gasteiger partial charge in [0.1, 0.15) is 10.6 Å². The molecular weight excluding hydrogens is 292 g/mol. The molecule has 0 saturated carbocycles. The van der Waals surface area contributed by atoms with Crippen molar-refractivity contribution in [1.29, 1.82) is 0 Å². The third kappa shape index (κ3) is 4.71. The normalized spacial score (nSPS) is 13.0. The number of rotatable bonds is 6. The summed E-state index contributed by atoms with van der Waals surface area (Å²) in [6, 6.07) is 4.27. The molecule has 21 heavy (non-hydrogen) atoms. The standard InChI is InChI=1S/C14H22N2O4S/c1-9(2)10(3)16-21(18,19)14-8-12(15-11(4)17)6-7-13(14)20-5/h6-10,16H,1-5H3,(H,15,17). The van der Waals surface area contributed by atoms with Crippen LogP contribution in [-0.4, -0.2) is 27.5 Å². The first-order chi connectivity index (χ1) is 9.67. The van der Waals surface area contributed by atoms with Crippen molar-refractivity contribution in [3.8, 4) is 5.75 Å². The van der Waals surface area contributed by atoms with Crippen molar-refractivity contribution >= 4 is 21.6 Å². The van der Waals surface area contributed by atoms with Gasteiger partial charge in [0.25, 0.3) is 0 Å². The molecule has 7 heteroatoms. The van der Waals surface area contributed by atoms with Crippen molar-refractivity contribution in [2.75, 3.05) is 12.4 Å². The lowest BCUT2D eigenvalue weighted by atomic mass is 10.1. The number of benzene rings is 1. The maximum absolute atomic E-state index is 12.5. The SMILES string of the molecule is COc1ccc(NC(C)=O)cc1S(=O)(=O)NC(C)C(C)C. The average Bonchev–Trinajstić information content (AvgIpc) is 2.37. The van der Waals surface area contributed by atoms with E-state index in [1.54, 1.807) is 13.0 Å². The van der Waals surface area contributed by atoms with Crippen LogP contribution in [0.4, 0.5) is 5.69 Å². The highest BCUT2D eigenvalue weighted by Crippen LogP contribution is 2.27. The summed E-state index contributed by atoms with van der Waals surface area (Å²) < 4.78 is 32.6. The summed E-state index contributed by atoms with van der Waals surface area (Å²) >= 11 is 0. The van der Waals surface area contributed by atoms with E-state index in [0.717, 1.165) is 0 Å². The van der Waals surface area contributed by atoms with Gasteiger partial charge < -0.3 is 10.1 Å². The summed E-state index contributed by atoms with van der Waals surface area (Å²) in [5, 5.41) is 2.56. The van der Waals surface area contributed by atoms with Crippen LogP contribution in [0.15, 0.2) is 23.1 Å². The van der Waals surface area contributed by atoms with E-state index < -0.39 is 10.0 Å². The molecule has 1 atom stereocenters. The lowest BCUT2D eigenvalue weighted by Crippen LogP contribution is -2.36. The quantitative estimate of drug-likeness (QED) is 0.841. The number of carbonyl (C=O) groups excluding carboxylic acids is 1. The molecule has 0 aromatic heterocycles. The highest BCUT2D eigenvalue weighted by atomic mass is 32.2. The summed E-state index contributed by atoms with van der Waals surface area (Å²) in [5.41, 5.74) is 0.404. The molecule has 0 fully saturated rings. The molecule has 0 spiro atoms. The minimum absolute atomic E-state index is 0.00347. The molecule has 0 radical (unpaired) electrons. The predicted octanol–water partition coefficient (Wildman–Crippen LogP) is 1.98. The molecule has 118 valence electrons. The van der Waals surface area contributed by atoms with Gasteiger partial charge in [-0.3, -0.25) is 4.79 Å². The monoisotopic (exact) mass is 314 g/mol. The molecule has 0 aliphatic heterocycles. The molecule has 0 saturated heterocycles. The van der Waals surface area contributed by atoms with Crippen LogP contribution in [0.5, 0.6) is 5.75 Å². The van der Waals surface area contributed by atoms with E-state index in [2.05, 4.69) is 10.0 Å². The Hall–Kier alpha value is -1.60. The average molecular weight is 314 g/mol. The van der Waals surface area contributed by atoms with E-state index in [4.69, 9.17) is 4.74 Å². The first kappa shape index (κ1) is 17.5. The molecule has 0 bridgehead atoms. The van der Waals surface area contributed by atoms with Crippen molar-refractivity contribution in [2.24, 2.45) is 5.92 Å². The molecule has 0 aliphatic carbocycles. The Kier molecular flexibility index (Phi) is 5.74. The Balaban J connectivity index is 3.22. The molecule has 1 unspecified atom stereocenters. The summed E-state index contributed by atoms with van der Waals surface area (Å²) in [6.07, 6.45) is 0. The third-order valence-electron chi connectivity index (χ3n) is 3.11. The summed E-state index contributed by atoms with van der Waals surface area (Å²) in [6.45, 7) is 7.01. The van der Waals surface area contributed by atoms with Gasteiger partial charge in [0.05, 0.1) is 7.11 Å². The Morgan fingerprint density at radius 2 is 1.86 bits per heavy atom. The largest absolute Gasteiger partial charge is 0.495 e. The van der Waals surface area contributed by atoms with Gasteiger partial charge in [-0.2, -0.15) is 0 Å². The first-order valence-corrected chi connectivity index (χ1v) is 8.13. The Bertz CT molecular complexity index is 611. The number of hydrogen-bond acceptors (Lipinski definition) is 4. The maximum Gasteiger partial charge on any atom is 0.244 e. The smallest absolute Gasteiger partial charge is 0.244 e. The van der Waals surface area contributed by atoms with Crippen LogP contribution in [0.1, 0.15) is 27.7 Å². The van der Waals surface area contributed by atoms with Gasteiger partial charge in [0, 0.05) is 18.7 Å². The van der Waals surface area contributed by atoms with Gasteiger partial charge in [0.15, 0.2) is 0 Å². The zero-order valence-corrected chi connectivity index (χ0v) is 13.7. The van der Waals surface area contributed by atoms with E-state index in [0.29, 0.717) is 5.69 Å². The van der Waals surface area contributed by atoms with Crippen LogP contribution >= 0.6 is 0 Å². The van der Waals surface area contributed by atoms with Gasteiger partial charge in [-0.05, 0) is 31.0 Å². The van der Waals surface area contributed by atoms with Crippen LogP contribution in [0.25, 0.3) is 0 Å². The topological polar surface area (TPSA) is 84.5 Å². The number of carbonyl (C=O) groups is 1. The molecule has 0 heterocycles. The van der Waals surface area contributed by atoms with Gasteiger partial charge >= 0.3 is 0 Å². The van der Waals surface area contributed by atoms with Crippen molar-refractivity contribution in [3.63, 3.8) is 0 Å². The van der Waals surface area contributed by atoms with Crippen molar-refractivity contribution in [1.82, 2.24) is 4.72 Å². The molecule has 1 rings (SSSR count). The highest BCUT2D eigenvalue weighted by Gasteiger charge is 2.23. The molecule has 2 N–H and O–H groups in total. The number of anilines is 1. The number of sulfonamides is 1. The second-order valence-corrected chi connectivity index (χ2v) is 6.88. The van der Waals surface area contributed by atoms with Crippen LogP contribution in [-0.2, 0) is 14.8 Å². The summed E-state index contributed by atoms with van der Waals surface area (Å²) in [7, 11) is -2.33. The third-order valence-corrected chi connectivity index (χ3v) is 4.69. The van der Waals surface area contributed by atoms with Crippen molar-refractivity contribution in [3.05, 3.63) is 18.2 Å². The Labute approximate surface area is 125 Å². The number of amides is 1. The lowest BCUT2D eigenvalue weighted by Gasteiger charge is -2.19. The molecule has 6 nitrogen and oxygen atoms in total. The fourth-order valence-corrected chi connectivity index (χ4v) is 3.20. The number of nitrogens with one attached hydrogen (secondary N) is 2. The molecule has 0 aliphatic rings. The predicted molar refractivity (Wildman–Crippen MR) is 81.9 cm³/mol. The minimum Gasteiger partial charge on any atom is -0.495 e. The first-order valence-electron chi connectivity index (χ1n) is 6.65. The molecule has 1 aromatic carbocycles. The fraction of sp³-hybridized carbons (Fsp3) is 0.500. The molecular formula is C14H22N2O4S. The van der Waals surface area contributed by atoms with E-state index >= 15 is 0 Å². The maximum atomic E-state index is 12.5. The molecule has 1 amide bonds. The summed E-state index contributed by atoms with van der Waals surface area (Å²) in [4.78, 5) is 11.1. The van der Waals surface area contributed by atoms with E-state index in [9.17, 15) is 13.2 Å². The Morgan fingerprint density at radius 1 is 1.24 bits per heavy atom.